The largest absolute Gasteiger partial charge is 0.495 e. The minimum atomic E-state index is -0.235. The van der Waals surface area contributed by atoms with Gasteiger partial charge >= 0.3 is 0 Å². The molecule has 3 N–H and O–H groups in total. The summed E-state index contributed by atoms with van der Waals surface area (Å²) in [6.45, 7) is 5.59. The molecule has 0 bridgehead atoms. The number of carbonyl (C=O) groups is 1. The van der Waals surface area contributed by atoms with Crippen LogP contribution in [0.2, 0.25) is 0 Å². The van der Waals surface area contributed by atoms with Crippen LogP contribution in [0.25, 0.3) is 0 Å². The normalized spacial score (nSPS) is 13.2. The molecule has 102 valence electrons. The summed E-state index contributed by atoms with van der Waals surface area (Å²) in [7, 11) is 1.58. The van der Waals surface area contributed by atoms with Crippen molar-refractivity contribution in [3.05, 3.63) is 23.8 Å². The maximum Gasteiger partial charge on any atom is 0.228 e. The van der Waals surface area contributed by atoms with E-state index in [1.165, 1.54) is 0 Å². The number of nitrogens with one attached hydrogen (secondary N) is 1. The first-order chi connectivity index (χ1) is 7.95. The van der Waals surface area contributed by atoms with E-state index in [9.17, 15) is 4.79 Å². The lowest BCUT2D eigenvalue weighted by Gasteiger charge is -2.17. The third kappa shape index (κ3) is 4.20. The number of hydrogen-bond acceptors (Lipinski definition) is 3. The van der Waals surface area contributed by atoms with Crippen molar-refractivity contribution in [3.63, 3.8) is 0 Å². The van der Waals surface area contributed by atoms with E-state index in [0.717, 1.165) is 5.56 Å². The fraction of sp³-hybridized carbons (Fsp3) is 0.462. The SMILES string of the molecule is COc1cc(C)ccc1NC(=O)C(C)C(C)N.Cl. The second-order valence-electron chi connectivity index (χ2n) is 4.34. The minimum Gasteiger partial charge on any atom is -0.495 e. The number of benzene rings is 1. The summed E-state index contributed by atoms with van der Waals surface area (Å²) < 4.78 is 5.22. The van der Waals surface area contributed by atoms with Crippen LogP contribution < -0.4 is 15.8 Å². The summed E-state index contributed by atoms with van der Waals surface area (Å²) in [6, 6.07) is 5.47. The molecule has 0 spiro atoms. The van der Waals surface area contributed by atoms with Crippen LogP contribution >= 0.6 is 12.4 Å². The van der Waals surface area contributed by atoms with E-state index < -0.39 is 0 Å². The lowest BCUT2D eigenvalue weighted by molar-refractivity contribution is -0.119. The van der Waals surface area contributed by atoms with E-state index >= 15 is 0 Å². The number of rotatable bonds is 4. The number of amides is 1. The number of nitrogens with two attached hydrogens (primary N) is 1. The standard InChI is InChI=1S/C13H20N2O2.ClH/c1-8-5-6-11(12(7-8)17-4)15-13(16)9(2)10(3)14;/h5-7,9-10H,14H2,1-4H3,(H,15,16);1H. The van der Waals surface area contributed by atoms with Gasteiger partial charge in [-0.25, -0.2) is 0 Å². The van der Waals surface area contributed by atoms with Gasteiger partial charge in [0.05, 0.1) is 18.7 Å². The van der Waals surface area contributed by atoms with Crippen molar-refractivity contribution in [1.29, 1.82) is 0 Å². The smallest absolute Gasteiger partial charge is 0.228 e. The Morgan fingerprint density at radius 2 is 2.00 bits per heavy atom. The zero-order valence-corrected chi connectivity index (χ0v) is 12.0. The first kappa shape index (κ1) is 16.7. The zero-order chi connectivity index (χ0) is 13.0. The summed E-state index contributed by atoms with van der Waals surface area (Å²) >= 11 is 0. The van der Waals surface area contributed by atoms with Gasteiger partial charge in [0.2, 0.25) is 5.91 Å². The highest BCUT2D eigenvalue weighted by atomic mass is 35.5. The molecule has 18 heavy (non-hydrogen) atoms. The highest BCUT2D eigenvalue weighted by Crippen LogP contribution is 2.25. The molecule has 1 aromatic rings. The summed E-state index contributed by atoms with van der Waals surface area (Å²) in [5.74, 6) is 0.332. The molecule has 4 nitrogen and oxygen atoms in total. The third-order valence-corrected chi connectivity index (χ3v) is 2.82. The maximum atomic E-state index is 11.9. The van der Waals surface area contributed by atoms with Crippen LogP contribution in [0.3, 0.4) is 0 Å². The number of ether oxygens (including phenoxy) is 1. The highest BCUT2D eigenvalue weighted by Gasteiger charge is 2.18. The maximum absolute atomic E-state index is 11.9. The number of aryl methyl sites for hydroxylation is 1. The van der Waals surface area contributed by atoms with Crippen LogP contribution in [-0.2, 0) is 4.79 Å². The number of halogens is 1. The third-order valence-electron chi connectivity index (χ3n) is 2.82. The van der Waals surface area contributed by atoms with Crippen LogP contribution in [0.4, 0.5) is 5.69 Å². The molecular weight excluding hydrogens is 252 g/mol. The lowest BCUT2D eigenvalue weighted by atomic mass is 10.0. The van der Waals surface area contributed by atoms with Crippen molar-refractivity contribution in [2.75, 3.05) is 12.4 Å². The van der Waals surface area contributed by atoms with Crippen molar-refractivity contribution in [1.82, 2.24) is 0 Å². The topological polar surface area (TPSA) is 64.3 Å². The minimum absolute atomic E-state index is 0. The van der Waals surface area contributed by atoms with Crippen LogP contribution in [-0.4, -0.2) is 19.1 Å². The summed E-state index contributed by atoms with van der Waals surface area (Å²) in [6.07, 6.45) is 0. The second-order valence-corrected chi connectivity index (χ2v) is 4.34. The number of carbonyl (C=O) groups excluding carboxylic acids is 1. The van der Waals surface area contributed by atoms with Gasteiger partial charge in [-0.3, -0.25) is 4.79 Å². The van der Waals surface area contributed by atoms with Crippen LogP contribution in [0.5, 0.6) is 5.75 Å². The summed E-state index contributed by atoms with van der Waals surface area (Å²) in [4.78, 5) is 11.9. The van der Waals surface area contributed by atoms with Gasteiger partial charge in [0.1, 0.15) is 5.75 Å². The fourth-order valence-corrected chi connectivity index (χ4v) is 1.39. The van der Waals surface area contributed by atoms with Gasteiger partial charge in [-0.05, 0) is 31.5 Å². The average molecular weight is 273 g/mol. The van der Waals surface area contributed by atoms with E-state index in [-0.39, 0.29) is 30.3 Å². The van der Waals surface area contributed by atoms with Crippen molar-refractivity contribution >= 4 is 24.0 Å². The molecule has 1 rings (SSSR count). The first-order valence-corrected chi connectivity index (χ1v) is 5.66. The average Bonchev–Trinajstić information content (AvgIpc) is 2.30. The monoisotopic (exact) mass is 272 g/mol. The quantitative estimate of drug-likeness (QED) is 0.884. The van der Waals surface area contributed by atoms with E-state index in [4.69, 9.17) is 10.5 Å². The second kappa shape index (κ2) is 7.24. The Bertz CT molecular complexity index is 408. The molecule has 0 aliphatic rings. The van der Waals surface area contributed by atoms with Crippen LogP contribution in [0, 0.1) is 12.8 Å². The Balaban J connectivity index is 0.00000289. The summed E-state index contributed by atoms with van der Waals surface area (Å²) in [5, 5.41) is 2.83. The number of anilines is 1. The van der Waals surface area contributed by atoms with Crippen LogP contribution in [0.15, 0.2) is 18.2 Å². The highest BCUT2D eigenvalue weighted by molar-refractivity contribution is 5.94. The van der Waals surface area contributed by atoms with Gasteiger partial charge in [-0.1, -0.05) is 13.0 Å². The van der Waals surface area contributed by atoms with Crippen molar-refractivity contribution in [2.45, 2.75) is 26.8 Å². The zero-order valence-electron chi connectivity index (χ0n) is 11.2. The Kier molecular flexibility index (Phi) is 6.73. The Morgan fingerprint density at radius 3 is 2.50 bits per heavy atom. The molecule has 0 saturated carbocycles. The molecular formula is C13H21ClN2O2. The van der Waals surface area contributed by atoms with Gasteiger partial charge in [-0.15, -0.1) is 12.4 Å². The molecule has 0 fully saturated rings. The van der Waals surface area contributed by atoms with Crippen LogP contribution in [0.1, 0.15) is 19.4 Å². The first-order valence-electron chi connectivity index (χ1n) is 5.66. The predicted octanol–water partition coefficient (Wildman–Crippen LogP) is 2.35. The molecule has 2 unspecified atom stereocenters. The van der Waals surface area contributed by atoms with E-state index in [1.807, 2.05) is 32.0 Å². The Morgan fingerprint density at radius 1 is 1.39 bits per heavy atom. The van der Waals surface area contributed by atoms with Crippen molar-refractivity contribution in [2.24, 2.45) is 11.7 Å². The van der Waals surface area contributed by atoms with E-state index in [2.05, 4.69) is 5.32 Å². The molecule has 0 aliphatic heterocycles. The molecule has 0 heterocycles. The fourth-order valence-electron chi connectivity index (χ4n) is 1.39. The lowest BCUT2D eigenvalue weighted by Crippen LogP contribution is -2.34. The number of hydrogen-bond donors (Lipinski definition) is 2. The molecule has 1 aromatic carbocycles. The Hall–Kier alpha value is -1.26. The van der Waals surface area contributed by atoms with E-state index in [1.54, 1.807) is 14.0 Å². The molecule has 1 amide bonds. The van der Waals surface area contributed by atoms with Gasteiger partial charge in [-0.2, -0.15) is 0 Å². The van der Waals surface area contributed by atoms with Gasteiger partial charge in [0, 0.05) is 6.04 Å². The van der Waals surface area contributed by atoms with Crippen molar-refractivity contribution in [3.8, 4) is 5.75 Å². The van der Waals surface area contributed by atoms with Crippen molar-refractivity contribution < 1.29 is 9.53 Å². The van der Waals surface area contributed by atoms with Gasteiger partial charge in [0.15, 0.2) is 0 Å². The van der Waals surface area contributed by atoms with Gasteiger partial charge < -0.3 is 15.8 Å². The molecule has 0 saturated heterocycles. The molecule has 0 aliphatic carbocycles. The molecule has 0 aromatic heterocycles. The van der Waals surface area contributed by atoms with E-state index in [0.29, 0.717) is 11.4 Å². The predicted molar refractivity (Wildman–Crippen MR) is 76.4 cm³/mol. The Labute approximate surface area is 114 Å². The molecule has 5 heteroatoms. The van der Waals surface area contributed by atoms with Gasteiger partial charge in [0.25, 0.3) is 0 Å². The summed E-state index contributed by atoms with van der Waals surface area (Å²) in [5.41, 5.74) is 7.45. The number of methoxy groups -OCH3 is 1. The molecule has 2 atom stereocenters. The molecule has 0 radical (unpaired) electrons.